The van der Waals surface area contributed by atoms with Gasteiger partial charge in [-0.3, -0.25) is 4.79 Å². The van der Waals surface area contributed by atoms with Crippen molar-refractivity contribution in [3.63, 3.8) is 0 Å². The molecular formula is C14H18N2O2. The minimum absolute atomic E-state index is 0.101. The molecule has 0 saturated heterocycles. The van der Waals surface area contributed by atoms with E-state index in [4.69, 9.17) is 10.00 Å². The first-order chi connectivity index (χ1) is 8.49. The first-order valence-electron chi connectivity index (χ1n) is 5.79. The summed E-state index contributed by atoms with van der Waals surface area (Å²) in [6.45, 7) is 4.14. The zero-order valence-electron chi connectivity index (χ0n) is 11.2. The van der Waals surface area contributed by atoms with Crippen molar-refractivity contribution in [2.24, 2.45) is 5.92 Å². The van der Waals surface area contributed by atoms with Gasteiger partial charge in [0.1, 0.15) is 5.75 Å². The van der Waals surface area contributed by atoms with Crippen molar-refractivity contribution in [3.05, 3.63) is 29.3 Å². The number of carbonyl (C=O) groups is 1. The Hall–Kier alpha value is -2.02. The van der Waals surface area contributed by atoms with Gasteiger partial charge in [0.25, 0.3) is 5.91 Å². The van der Waals surface area contributed by atoms with Crippen molar-refractivity contribution in [1.82, 2.24) is 4.90 Å². The van der Waals surface area contributed by atoms with Gasteiger partial charge < -0.3 is 9.64 Å². The lowest BCUT2D eigenvalue weighted by atomic mass is 10.1. The van der Waals surface area contributed by atoms with E-state index in [1.807, 2.05) is 13.0 Å². The molecule has 0 aliphatic rings. The SMILES string of the molecule is COc1cc(C(=O)N(C)CC(C)C#N)ccc1C. The molecule has 1 unspecified atom stereocenters. The molecule has 0 aliphatic heterocycles. The van der Waals surface area contributed by atoms with Gasteiger partial charge in [-0.05, 0) is 31.5 Å². The smallest absolute Gasteiger partial charge is 0.253 e. The van der Waals surface area contributed by atoms with Crippen LogP contribution in [0.5, 0.6) is 5.75 Å². The summed E-state index contributed by atoms with van der Waals surface area (Å²) in [6, 6.07) is 7.47. The molecule has 0 radical (unpaired) electrons. The molecule has 1 rings (SSSR count). The predicted molar refractivity (Wildman–Crippen MR) is 69.5 cm³/mol. The fraction of sp³-hybridized carbons (Fsp3) is 0.429. The molecule has 0 bridgehead atoms. The topological polar surface area (TPSA) is 53.3 Å². The van der Waals surface area contributed by atoms with Crippen LogP contribution in [0.3, 0.4) is 0 Å². The molecule has 1 aromatic rings. The van der Waals surface area contributed by atoms with E-state index in [0.717, 1.165) is 5.56 Å². The summed E-state index contributed by atoms with van der Waals surface area (Å²) in [5.41, 5.74) is 1.56. The first-order valence-corrected chi connectivity index (χ1v) is 5.79. The van der Waals surface area contributed by atoms with Crippen molar-refractivity contribution >= 4 is 5.91 Å². The Morgan fingerprint density at radius 3 is 2.78 bits per heavy atom. The molecule has 1 aromatic carbocycles. The van der Waals surface area contributed by atoms with Gasteiger partial charge in [0.15, 0.2) is 0 Å². The maximum atomic E-state index is 12.1. The average molecular weight is 246 g/mol. The van der Waals surface area contributed by atoms with Gasteiger partial charge in [-0.2, -0.15) is 5.26 Å². The monoisotopic (exact) mass is 246 g/mol. The van der Waals surface area contributed by atoms with Gasteiger partial charge >= 0.3 is 0 Å². The molecule has 0 saturated carbocycles. The molecule has 4 heteroatoms. The third-order valence-corrected chi connectivity index (χ3v) is 2.77. The van der Waals surface area contributed by atoms with E-state index in [-0.39, 0.29) is 11.8 Å². The van der Waals surface area contributed by atoms with Crippen LogP contribution < -0.4 is 4.74 Å². The molecule has 0 aromatic heterocycles. The Morgan fingerprint density at radius 2 is 2.22 bits per heavy atom. The first kappa shape index (κ1) is 14.0. The van der Waals surface area contributed by atoms with Crippen LogP contribution in [0.2, 0.25) is 0 Å². The van der Waals surface area contributed by atoms with E-state index in [2.05, 4.69) is 6.07 Å². The quantitative estimate of drug-likeness (QED) is 0.818. The number of rotatable bonds is 4. The number of carbonyl (C=O) groups excluding carboxylic acids is 1. The van der Waals surface area contributed by atoms with Crippen LogP contribution in [-0.2, 0) is 0 Å². The summed E-state index contributed by atoms with van der Waals surface area (Å²) in [6.07, 6.45) is 0. The fourth-order valence-corrected chi connectivity index (χ4v) is 1.71. The van der Waals surface area contributed by atoms with Crippen molar-refractivity contribution in [2.45, 2.75) is 13.8 Å². The Morgan fingerprint density at radius 1 is 1.56 bits per heavy atom. The number of nitriles is 1. The number of aryl methyl sites for hydroxylation is 1. The number of hydrogen-bond donors (Lipinski definition) is 0. The van der Waals surface area contributed by atoms with Gasteiger partial charge in [0.2, 0.25) is 0 Å². The molecule has 0 fully saturated rings. The standard InChI is InChI=1S/C14H18N2O2/c1-10(8-15)9-16(3)14(17)12-6-5-11(2)13(7-12)18-4/h5-7,10H,9H2,1-4H3. The van der Waals surface area contributed by atoms with Crippen molar-refractivity contribution in [1.29, 1.82) is 5.26 Å². The van der Waals surface area contributed by atoms with Crippen LogP contribution in [0.15, 0.2) is 18.2 Å². The summed E-state index contributed by atoms with van der Waals surface area (Å²) in [7, 11) is 3.28. The minimum atomic E-state index is -0.175. The Bertz CT molecular complexity index is 477. The highest BCUT2D eigenvalue weighted by Crippen LogP contribution is 2.19. The highest BCUT2D eigenvalue weighted by molar-refractivity contribution is 5.94. The van der Waals surface area contributed by atoms with E-state index in [1.54, 1.807) is 38.1 Å². The highest BCUT2D eigenvalue weighted by atomic mass is 16.5. The summed E-state index contributed by atoms with van der Waals surface area (Å²) < 4.78 is 5.19. The van der Waals surface area contributed by atoms with Crippen molar-refractivity contribution < 1.29 is 9.53 Å². The fourth-order valence-electron chi connectivity index (χ4n) is 1.71. The summed E-state index contributed by atoms with van der Waals surface area (Å²) >= 11 is 0. The third kappa shape index (κ3) is 3.24. The van der Waals surface area contributed by atoms with E-state index < -0.39 is 0 Å². The number of methoxy groups -OCH3 is 1. The van der Waals surface area contributed by atoms with Gasteiger partial charge in [-0.1, -0.05) is 6.07 Å². The molecule has 1 atom stereocenters. The summed E-state index contributed by atoms with van der Waals surface area (Å²) in [5, 5.41) is 8.75. The lowest BCUT2D eigenvalue weighted by molar-refractivity contribution is 0.0784. The van der Waals surface area contributed by atoms with E-state index in [1.165, 1.54) is 0 Å². The molecule has 4 nitrogen and oxygen atoms in total. The van der Waals surface area contributed by atoms with Crippen LogP contribution in [0.4, 0.5) is 0 Å². The molecule has 0 aliphatic carbocycles. The van der Waals surface area contributed by atoms with Crippen LogP contribution >= 0.6 is 0 Å². The molecule has 18 heavy (non-hydrogen) atoms. The van der Waals surface area contributed by atoms with Crippen LogP contribution in [0.1, 0.15) is 22.8 Å². The lowest BCUT2D eigenvalue weighted by Crippen LogP contribution is -2.30. The zero-order valence-corrected chi connectivity index (χ0v) is 11.2. The Labute approximate surface area is 108 Å². The average Bonchev–Trinajstić information content (AvgIpc) is 2.38. The number of hydrogen-bond acceptors (Lipinski definition) is 3. The molecule has 96 valence electrons. The molecule has 1 amide bonds. The van der Waals surface area contributed by atoms with E-state index in [9.17, 15) is 4.79 Å². The van der Waals surface area contributed by atoms with E-state index in [0.29, 0.717) is 17.9 Å². The van der Waals surface area contributed by atoms with Crippen LogP contribution in [0.25, 0.3) is 0 Å². The zero-order chi connectivity index (χ0) is 13.7. The second kappa shape index (κ2) is 6.06. The van der Waals surface area contributed by atoms with Gasteiger partial charge in [-0.15, -0.1) is 0 Å². The number of nitrogens with zero attached hydrogens (tertiary/aromatic N) is 2. The minimum Gasteiger partial charge on any atom is -0.496 e. The third-order valence-electron chi connectivity index (χ3n) is 2.77. The van der Waals surface area contributed by atoms with Crippen LogP contribution in [-0.4, -0.2) is 31.5 Å². The van der Waals surface area contributed by atoms with Gasteiger partial charge in [0, 0.05) is 19.2 Å². The van der Waals surface area contributed by atoms with Crippen molar-refractivity contribution in [2.75, 3.05) is 20.7 Å². The van der Waals surface area contributed by atoms with Gasteiger partial charge in [-0.25, -0.2) is 0 Å². The second-order valence-electron chi connectivity index (χ2n) is 4.40. The highest BCUT2D eigenvalue weighted by Gasteiger charge is 2.15. The number of amides is 1. The molecule has 0 N–H and O–H groups in total. The normalized spacial score (nSPS) is 11.5. The Balaban J connectivity index is 2.87. The largest absolute Gasteiger partial charge is 0.496 e. The van der Waals surface area contributed by atoms with Crippen LogP contribution in [0, 0.1) is 24.2 Å². The second-order valence-corrected chi connectivity index (χ2v) is 4.40. The summed E-state index contributed by atoms with van der Waals surface area (Å²) in [5.74, 6) is 0.421. The van der Waals surface area contributed by atoms with Gasteiger partial charge in [0.05, 0.1) is 19.1 Å². The maximum absolute atomic E-state index is 12.1. The molecular weight excluding hydrogens is 228 g/mol. The summed E-state index contributed by atoms with van der Waals surface area (Å²) in [4.78, 5) is 13.7. The number of benzene rings is 1. The predicted octanol–water partition coefficient (Wildman–Crippen LogP) is 2.24. The van der Waals surface area contributed by atoms with E-state index >= 15 is 0 Å². The lowest BCUT2D eigenvalue weighted by Gasteiger charge is -2.18. The Kier molecular flexibility index (Phi) is 4.73. The maximum Gasteiger partial charge on any atom is 0.253 e. The molecule has 0 heterocycles. The molecule has 0 spiro atoms. The number of ether oxygens (including phenoxy) is 1. The van der Waals surface area contributed by atoms with Crippen molar-refractivity contribution in [3.8, 4) is 11.8 Å².